The van der Waals surface area contributed by atoms with Gasteiger partial charge in [0.15, 0.2) is 0 Å². The number of aryl methyl sites for hydroxylation is 1. The molecule has 1 unspecified atom stereocenters. The van der Waals surface area contributed by atoms with Crippen LogP contribution < -0.4 is 10.5 Å². The largest absolute Gasteiger partial charge is 0.342 e. The van der Waals surface area contributed by atoms with E-state index in [0.717, 1.165) is 35.2 Å². The Kier molecular flexibility index (Phi) is 4.23. The molecule has 3 heterocycles. The van der Waals surface area contributed by atoms with Crippen molar-refractivity contribution in [2.24, 2.45) is 0 Å². The van der Waals surface area contributed by atoms with Gasteiger partial charge in [-0.2, -0.15) is 5.10 Å². The Labute approximate surface area is 140 Å². The summed E-state index contributed by atoms with van der Waals surface area (Å²) in [5.74, 6) is 0. The third-order valence-electron chi connectivity index (χ3n) is 4.16. The first-order valence-electron chi connectivity index (χ1n) is 8.00. The molecular formula is C16H23N5OS. The lowest BCUT2D eigenvalue weighted by Gasteiger charge is -2.25. The third-order valence-corrected chi connectivity index (χ3v) is 5.03. The second-order valence-electron chi connectivity index (χ2n) is 7.08. The van der Waals surface area contributed by atoms with Gasteiger partial charge in [-0.1, -0.05) is 32.1 Å². The molecule has 0 spiro atoms. The normalized spacial score (nSPS) is 18.6. The van der Waals surface area contributed by atoms with E-state index in [9.17, 15) is 4.79 Å². The Morgan fingerprint density at radius 2 is 2.09 bits per heavy atom. The Morgan fingerprint density at radius 1 is 1.30 bits per heavy atom. The van der Waals surface area contributed by atoms with E-state index in [1.807, 2.05) is 13.0 Å². The lowest BCUT2D eigenvalue weighted by atomic mass is 9.92. The molecule has 6 nitrogen and oxygen atoms in total. The summed E-state index contributed by atoms with van der Waals surface area (Å²) in [5.41, 5.74) is 0.827. The first kappa shape index (κ1) is 16.1. The first-order valence-corrected chi connectivity index (χ1v) is 8.81. The minimum absolute atomic E-state index is 0.0432. The van der Waals surface area contributed by atoms with Crippen LogP contribution in [0.3, 0.4) is 0 Å². The van der Waals surface area contributed by atoms with Crippen molar-refractivity contribution in [3.05, 3.63) is 33.2 Å². The second-order valence-corrected chi connectivity index (χ2v) is 8.24. The molecule has 1 atom stereocenters. The van der Waals surface area contributed by atoms with E-state index in [-0.39, 0.29) is 17.0 Å². The summed E-state index contributed by atoms with van der Waals surface area (Å²) in [6, 6.07) is 3.71. The highest BCUT2D eigenvalue weighted by atomic mass is 32.1. The number of hydrogen-bond acceptors (Lipinski definition) is 6. The van der Waals surface area contributed by atoms with Crippen molar-refractivity contribution in [1.29, 1.82) is 0 Å². The van der Waals surface area contributed by atoms with Gasteiger partial charge in [0, 0.05) is 18.0 Å². The molecule has 2 aromatic heterocycles. The van der Waals surface area contributed by atoms with Gasteiger partial charge in [-0.05, 0) is 25.8 Å². The quantitative estimate of drug-likeness (QED) is 0.863. The molecule has 3 rings (SSSR count). The zero-order valence-electron chi connectivity index (χ0n) is 14.1. The van der Waals surface area contributed by atoms with E-state index in [1.165, 1.54) is 0 Å². The number of aromatic nitrogens is 4. The molecule has 0 aromatic carbocycles. The minimum Gasteiger partial charge on any atom is -0.342 e. The van der Waals surface area contributed by atoms with Crippen molar-refractivity contribution < 1.29 is 0 Å². The van der Waals surface area contributed by atoms with Crippen molar-refractivity contribution in [2.45, 2.75) is 58.5 Å². The zero-order valence-corrected chi connectivity index (χ0v) is 14.9. The number of rotatable bonds is 3. The molecule has 0 saturated carbocycles. The fourth-order valence-corrected chi connectivity index (χ4v) is 3.64. The summed E-state index contributed by atoms with van der Waals surface area (Å²) in [5, 5.41) is 14.9. The smallest absolute Gasteiger partial charge is 0.266 e. The summed E-state index contributed by atoms with van der Waals surface area (Å²) < 4.78 is 1.61. The van der Waals surface area contributed by atoms with E-state index in [2.05, 4.69) is 41.0 Å². The zero-order chi connectivity index (χ0) is 16.6. The first-order chi connectivity index (χ1) is 10.8. The van der Waals surface area contributed by atoms with Crippen LogP contribution in [0.2, 0.25) is 0 Å². The summed E-state index contributed by atoms with van der Waals surface area (Å²) >= 11 is 1.61. The minimum atomic E-state index is -0.0683. The van der Waals surface area contributed by atoms with Gasteiger partial charge in [-0.25, -0.2) is 4.68 Å². The van der Waals surface area contributed by atoms with Crippen LogP contribution in [-0.2, 0) is 12.0 Å². The monoisotopic (exact) mass is 333 g/mol. The van der Waals surface area contributed by atoms with Gasteiger partial charge in [0.1, 0.15) is 5.01 Å². The van der Waals surface area contributed by atoms with Crippen LogP contribution in [0.5, 0.6) is 0 Å². The average Bonchev–Trinajstić information content (AvgIpc) is 3.08. The molecule has 0 bridgehead atoms. The van der Waals surface area contributed by atoms with Gasteiger partial charge in [0.05, 0.1) is 18.3 Å². The molecule has 1 saturated heterocycles. The van der Waals surface area contributed by atoms with Gasteiger partial charge in [0.2, 0.25) is 5.13 Å². The fourth-order valence-electron chi connectivity index (χ4n) is 2.86. The molecule has 0 amide bonds. The van der Waals surface area contributed by atoms with Crippen LogP contribution in [0.4, 0.5) is 5.13 Å². The van der Waals surface area contributed by atoms with Crippen LogP contribution in [0, 0.1) is 6.92 Å². The van der Waals surface area contributed by atoms with Gasteiger partial charge >= 0.3 is 0 Å². The van der Waals surface area contributed by atoms with Crippen LogP contribution in [-0.4, -0.2) is 32.6 Å². The predicted octanol–water partition coefficient (Wildman–Crippen LogP) is 2.37. The standard InChI is InChI=1S/C16H23N5OS/c1-11-17-18-15(23-11)20-9-5-6-12(20)10-21-14(22)8-7-13(19-21)16(2,3)4/h7-8,12H,5-6,9-10H2,1-4H3. The SMILES string of the molecule is Cc1nnc(N2CCCC2Cn2nc(C(C)(C)C)ccc2=O)s1. The molecule has 7 heteroatoms. The predicted molar refractivity (Wildman–Crippen MR) is 92.2 cm³/mol. The maximum Gasteiger partial charge on any atom is 0.266 e. The lowest BCUT2D eigenvalue weighted by molar-refractivity contribution is 0.457. The molecule has 0 aliphatic carbocycles. The van der Waals surface area contributed by atoms with Crippen LogP contribution in [0.1, 0.15) is 44.3 Å². The van der Waals surface area contributed by atoms with E-state index >= 15 is 0 Å². The molecule has 1 aliphatic heterocycles. The van der Waals surface area contributed by atoms with Crippen LogP contribution in [0.15, 0.2) is 16.9 Å². The Morgan fingerprint density at radius 3 is 2.74 bits per heavy atom. The Balaban J connectivity index is 1.85. The van der Waals surface area contributed by atoms with Crippen LogP contribution >= 0.6 is 11.3 Å². The number of anilines is 1. The lowest BCUT2D eigenvalue weighted by Crippen LogP contribution is -2.37. The van der Waals surface area contributed by atoms with Gasteiger partial charge in [-0.15, -0.1) is 10.2 Å². The third kappa shape index (κ3) is 3.44. The number of nitrogens with zero attached hydrogens (tertiary/aromatic N) is 5. The highest BCUT2D eigenvalue weighted by Crippen LogP contribution is 2.28. The van der Waals surface area contributed by atoms with Gasteiger partial charge in [0.25, 0.3) is 5.56 Å². The summed E-state index contributed by atoms with van der Waals surface area (Å²) in [6.45, 7) is 9.85. The van der Waals surface area contributed by atoms with E-state index in [4.69, 9.17) is 0 Å². The van der Waals surface area contributed by atoms with E-state index < -0.39 is 0 Å². The van der Waals surface area contributed by atoms with Crippen molar-refractivity contribution >= 4 is 16.5 Å². The molecule has 1 aliphatic rings. The number of hydrogen-bond donors (Lipinski definition) is 0. The summed E-state index contributed by atoms with van der Waals surface area (Å²) in [6.07, 6.45) is 2.16. The molecule has 23 heavy (non-hydrogen) atoms. The second kappa shape index (κ2) is 6.03. The molecule has 0 N–H and O–H groups in total. The molecular weight excluding hydrogens is 310 g/mol. The maximum atomic E-state index is 12.2. The Bertz CT molecular complexity index is 745. The van der Waals surface area contributed by atoms with Crippen LogP contribution in [0.25, 0.3) is 0 Å². The Hall–Kier alpha value is -1.76. The molecule has 2 aromatic rings. The van der Waals surface area contributed by atoms with Crippen molar-refractivity contribution in [3.8, 4) is 0 Å². The topological polar surface area (TPSA) is 63.9 Å². The highest BCUT2D eigenvalue weighted by Gasteiger charge is 2.28. The molecule has 124 valence electrons. The van der Waals surface area contributed by atoms with E-state index in [0.29, 0.717) is 6.54 Å². The molecule has 1 fully saturated rings. The van der Waals surface area contributed by atoms with Crippen molar-refractivity contribution in [2.75, 3.05) is 11.4 Å². The average molecular weight is 333 g/mol. The summed E-state index contributed by atoms with van der Waals surface area (Å²) in [4.78, 5) is 14.5. The van der Waals surface area contributed by atoms with E-state index in [1.54, 1.807) is 22.1 Å². The maximum absolute atomic E-state index is 12.2. The van der Waals surface area contributed by atoms with Gasteiger partial charge < -0.3 is 4.90 Å². The highest BCUT2D eigenvalue weighted by molar-refractivity contribution is 7.15. The van der Waals surface area contributed by atoms with Gasteiger partial charge in [-0.3, -0.25) is 4.79 Å². The van der Waals surface area contributed by atoms with Crippen molar-refractivity contribution in [1.82, 2.24) is 20.0 Å². The summed E-state index contributed by atoms with van der Waals surface area (Å²) in [7, 11) is 0. The van der Waals surface area contributed by atoms with Crippen molar-refractivity contribution in [3.63, 3.8) is 0 Å². The fraction of sp³-hybridized carbons (Fsp3) is 0.625. The molecule has 0 radical (unpaired) electrons.